The van der Waals surface area contributed by atoms with Crippen molar-refractivity contribution in [1.29, 1.82) is 0 Å². The second-order valence-electron chi connectivity index (χ2n) is 6.54. The highest BCUT2D eigenvalue weighted by Crippen LogP contribution is 2.31. The number of ether oxygens (including phenoxy) is 1. The van der Waals surface area contributed by atoms with Gasteiger partial charge in [-0.3, -0.25) is 4.79 Å². The van der Waals surface area contributed by atoms with Crippen LogP contribution in [0.25, 0.3) is 11.3 Å². The number of alkyl halides is 3. The number of methoxy groups -OCH3 is 1. The molecule has 0 fully saturated rings. The molecule has 7 nitrogen and oxygen atoms in total. The fraction of sp³-hybridized carbons (Fsp3) is 0.250. The molecule has 0 aliphatic heterocycles. The van der Waals surface area contributed by atoms with Crippen LogP contribution in [0.4, 0.5) is 18.9 Å². The van der Waals surface area contributed by atoms with Crippen LogP contribution in [0.1, 0.15) is 11.3 Å². The third-order valence-corrected chi connectivity index (χ3v) is 5.12. The first-order valence-corrected chi connectivity index (χ1v) is 10.5. The van der Waals surface area contributed by atoms with Gasteiger partial charge in [0, 0.05) is 36.1 Å². The molecule has 0 radical (unpaired) electrons. The molecule has 0 amide bonds. The predicted octanol–water partition coefficient (Wildman–Crippen LogP) is 3.16. The average Bonchev–Trinajstić information content (AvgIpc) is 2.74. The van der Waals surface area contributed by atoms with Crippen LogP contribution in [0.3, 0.4) is 0 Å². The van der Waals surface area contributed by atoms with E-state index in [1.54, 1.807) is 26.3 Å². The molecule has 0 aliphatic rings. The number of anilines is 1. The van der Waals surface area contributed by atoms with E-state index < -0.39 is 28.2 Å². The van der Waals surface area contributed by atoms with Gasteiger partial charge in [0.1, 0.15) is 12.0 Å². The number of hydrogen-bond acceptors (Lipinski definition) is 6. The molecule has 0 saturated heterocycles. The second-order valence-corrected chi connectivity index (χ2v) is 7.81. The summed E-state index contributed by atoms with van der Waals surface area (Å²) in [4.78, 5) is 19.7. The van der Waals surface area contributed by atoms with Crippen LogP contribution in [0.5, 0.6) is 5.75 Å². The number of aromatic nitrogens is 3. The molecule has 0 bridgehead atoms. The number of benzene rings is 1. The summed E-state index contributed by atoms with van der Waals surface area (Å²) in [5.41, 5.74) is 0.154. The Balaban J connectivity index is 2.04. The summed E-state index contributed by atoms with van der Waals surface area (Å²) in [6, 6.07) is 8.73. The molecular weight excluding hydrogens is 433 g/mol. The van der Waals surface area contributed by atoms with E-state index in [2.05, 4.69) is 15.3 Å². The van der Waals surface area contributed by atoms with E-state index in [1.165, 1.54) is 29.2 Å². The van der Waals surface area contributed by atoms with Crippen molar-refractivity contribution in [3.05, 3.63) is 64.2 Å². The van der Waals surface area contributed by atoms with E-state index in [4.69, 9.17) is 4.74 Å². The van der Waals surface area contributed by atoms with Crippen molar-refractivity contribution >= 4 is 16.9 Å². The summed E-state index contributed by atoms with van der Waals surface area (Å²) < 4.78 is 58.0. The van der Waals surface area contributed by atoms with Crippen LogP contribution < -0.4 is 15.6 Å². The van der Waals surface area contributed by atoms with E-state index in [-0.39, 0.29) is 23.4 Å². The van der Waals surface area contributed by atoms with Crippen LogP contribution in [0, 0.1) is 0 Å². The Morgan fingerprint density at radius 2 is 1.94 bits per heavy atom. The smallest absolute Gasteiger partial charge is 0.433 e. The fourth-order valence-corrected chi connectivity index (χ4v) is 3.35. The lowest BCUT2D eigenvalue weighted by Gasteiger charge is -2.13. The van der Waals surface area contributed by atoms with E-state index in [0.717, 1.165) is 17.3 Å². The fourth-order valence-electron chi connectivity index (χ4n) is 2.90. The third-order valence-electron chi connectivity index (χ3n) is 4.42. The molecule has 11 heteroatoms. The largest absolute Gasteiger partial charge is 0.609 e. The standard InChI is InChI=1S/C20H19F3N4O3S/c1-24-15-8-12(4-6-16(15)30-2)10-27-11-13(5-7-18(27)28)14-9-17(20(21,22)23)26-19(25-14)31(3)29/h4-9,11,24H,10H2,1-3H3. The predicted molar refractivity (Wildman–Crippen MR) is 111 cm³/mol. The Labute approximate surface area is 179 Å². The molecule has 0 spiro atoms. The molecule has 0 aliphatic carbocycles. The Bertz CT molecular complexity index is 1150. The summed E-state index contributed by atoms with van der Waals surface area (Å²) in [6.07, 6.45) is -2.12. The zero-order valence-corrected chi connectivity index (χ0v) is 17.7. The average molecular weight is 452 g/mol. The molecule has 3 aromatic rings. The zero-order chi connectivity index (χ0) is 22.8. The first-order valence-electron chi connectivity index (χ1n) is 8.97. The Hall–Kier alpha value is -3.05. The summed E-state index contributed by atoms with van der Waals surface area (Å²) in [5, 5.41) is 2.56. The van der Waals surface area contributed by atoms with E-state index in [0.29, 0.717) is 5.75 Å². The molecule has 2 aromatic heterocycles. The lowest BCUT2D eigenvalue weighted by Crippen LogP contribution is -2.19. The molecule has 1 atom stereocenters. The van der Waals surface area contributed by atoms with Crippen molar-refractivity contribution in [3.8, 4) is 17.0 Å². The lowest BCUT2D eigenvalue weighted by molar-refractivity contribution is -0.141. The van der Waals surface area contributed by atoms with Crippen LogP contribution in [-0.2, 0) is 23.9 Å². The SMILES string of the molecule is CNc1cc(Cn2cc(-c3cc(C(F)(F)F)nc([S+](C)[O-])n3)ccc2=O)ccc1OC. The maximum absolute atomic E-state index is 13.2. The summed E-state index contributed by atoms with van der Waals surface area (Å²) >= 11 is -1.82. The van der Waals surface area contributed by atoms with Gasteiger partial charge in [0.25, 0.3) is 5.56 Å². The number of rotatable bonds is 6. The van der Waals surface area contributed by atoms with Crippen molar-refractivity contribution in [2.75, 3.05) is 25.7 Å². The molecule has 1 N–H and O–H groups in total. The van der Waals surface area contributed by atoms with Gasteiger partial charge >= 0.3 is 11.3 Å². The van der Waals surface area contributed by atoms with Gasteiger partial charge in [-0.2, -0.15) is 23.1 Å². The van der Waals surface area contributed by atoms with Gasteiger partial charge in [0.2, 0.25) is 0 Å². The molecule has 3 rings (SSSR count). The van der Waals surface area contributed by atoms with Gasteiger partial charge in [-0.05, 0) is 29.8 Å². The van der Waals surface area contributed by atoms with Crippen molar-refractivity contribution in [2.24, 2.45) is 0 Å². The molecule has 31 heavy (non-hydrogen) atoms. The maximum Gasteiger partial charge on any atom is 0.433 e. The van der Waals surface area contributed by atoms with Gasteiger partial charge < -0.3 is 19.2 Å². The first-order chi connectivity index (χ1) is 14.6. The van der Waals surface area contributed by atoms with E-state index in [1.807, 2.05) is 6.07 Å². The Kier molecular flexibility index (Phi) is 6.56. The highest BCUT2D eigenvalue weighted by Gasteiger charge is 2.35. The minimum absolute atomic E-state index is 0.0769. The van der Waals surface area contributed by atoms with Crippen molar-refractivity contribution in [1.82, 2.24) is 14.5 Å². The summed E-state index contributed by atoms with van der Waals surface area (Å²) in [7, 11) is 3.27. The molecule has 2 heterocycles. The zero-order valence-electron chi connectivity index (χ0n) is 16.9. The quantitative estimate of drug-likeness (QED) is 0.456. The molecule has 164 valence electrons. The molecule has 0 saturated carbocycles. The van der Waals surface area contributed by atoms with Crippen LogP contribution >= 0.6 is 0 Å². The number of nitrogens with one attached hydrogen (secondary N) is 1. The monoisotopic (exact) mass is 452 g/mol. The Morgan fingerprint density at radius 3 is 2.55 bits per heavy atom. The minimum Gasteiger partial charge on any atom is -0.609 e. The number of halogens is 3. The topological polar surface area (TPSA) is 92.1 Å². The third kappa shape index (κ3) is 5.17. The summed E-state index contributed by atoms with van der Waals surface area (Å²) in [6.45, 7) is 0.176. The van der Waals surface area contributed by atoms with Crippen molar-refractivity contribution in [2.45, 2.75) is 17.9 Å². The van der Waals surface area contributed by atoms with Crippen LogP contribution in [0.15, 0.2) is 52.5 Å². The Morgan fingerprint density at radius 1 is 1.19 bits per heavy atom. The second kappa shape index (κ2) is 8.98. The minimum atomic E-state index is -4.73. The summed E-state index contributed by atoms with van der Waals surface area (Å²) in [5.74, 6) is 0.633. The van der Waals surface area contributed by atoms with Gasteiger partial charge in [-0.15, -0.1) is 0 Å². The van der Waals surface area contributed by atoms with Crippen molar-refractivity contribution in [3.63, 3.8) is 0 Å². The maximum atomic E-state index is 13.2. The van der Waals surface area contributed by atoms with E-state index in [9.17, 15) is 22.5 Å². The molecule has 1 unspecified atom stereocenters. The highest BCUT2D eigenvalue weighted by atomic mass is 32.2. The number of nitrogens with zero attached hydrogens (tertiary/aromatic N) is 3. The highest BCUT2D eigenvalue weighted by molar-refractivity contribution is 7.90. The van der Waals surface area contributed by atoms with Crippen LogP contribution in [0.2, 0.25) is 0 Å². The van der Waals surface area contributed by atoms with Crippen LogP contribution in [-0.4, -0.2) is 39.5 Å². The normalized spacial score (nSPS) is 12.5. The van der Waals surface area contributed by atoms with Gasteiger partial charge in [-0.25, -0.2) is 0 Å². The van der Waals surface area contributed by atoms with E-state index >= 15 is 0 Å². The molecular formula is C20H19F3N4O3S. The van der Waals surface area contributed by atoms with Gasteiger partial charge in [-0.1, -0.05) is 6.07 Å². The van der Waals surface area contributed by atoms with Gasteiger partial charge in [0.15, 0.2) is 5.69 Å². The lowest BCUT2D eigenvalue weighted by atomic mass is 10.1. The van der Waals surface area contributed by atoms with Gasteiger partial charge in [0.05, 0.1) is 25.0 Å². The molecule has 1 aromatic carbocycles. The number of pyridine rings is 1. The first kappa shape index (κ1) is 22.6. The van der Waals surface area contributed by atoms with Crippen molar-refractivity contribution < 1.29 is 22.5 Å². The number of hydrogen-bond donors (Lipinski definition) is 1.